The summed E-state index contributed by atoms with van der Waals surface area (Å²) in [5.41, 5.74) is 2.57. The summed E-state index contributed by atoms with van der Waals surface area (Å²) in [5, 5.41) is 9.10. The second kappa shape index (κ2) is 7.82. The van der Waals surface area contributed by atoms with Crippen molar-refractivity contribution in [2.45, 2.75) is 31.3 Å². The molecule has 1 aliphatic rings. The summed E-state index contributed by atoms with van der Waals surface area (Å²) in [6.45, 7) is 5.83. The summed E-state index contributed by atoms with van der Waals surface area (Å²) in [5.74, 6) is 0.927. The van der Waals surface area contributed by atoms with Crippen molar-refractivity contribution >= 4 is 17.7 Å². The minimum absolute atomic E-state index is 0.0266. The van der Waals surface area contributed by atoms with Crippen molar-refractivity contribution in [3.8, 4) is 0 Å². The predicted molar refractivity (Wildman–Crippen MR) is 84.7 cm³/mol. The number of morpholine rings is 1. The van der Waals surface area contributed by atoms with E-state index in [2.05, 4.69) is 32.0 Å². The monoisotopic (exact) mass is 309 g/mol. The van der Waals surface area contributed by atoms with Gasteiger partial charge in [0.15, 0.2) is 0 Å². The van der Waals surface area contributed by atoms with Crippen molar-refractivity contribution in [3.05, 3.63) is 29.3 Å². The van der Waals surface area contributed by atoms with Crippen molar-refractivity contribution in [1.82, 2.24) is 4.90 Å². The third-order valence-electron chi connectivity index (χ3n) is 3.76. The molecule has 1 aliphatic heterocycles. The van der Waals surface area contributed by atoms with Crippen LogP contribution in [0, 0.1) is 13.8 Å². The Bertz CT molecular complexity index is 492. The van der Waals surface area contributed by atoms with Gasteiger partial charge in [0.1, 0.15) is 0 Å². The highest BCUT2D eigenvalue weighted by Gasteiger charge is 2.23. The van der Waals surface area contributed by atoms with Gasteiger partial charge in [0.25, 0.3) is 0 Å². The SMILES string of the molecule is Cc1ccc(SCCC(=O)N2CCOC(CO)C2)cc1C. The number of hydrogen-bond donors (Lipinski definition) is 1. The molecule has 116 valence electrons. The summed E-state index contributed by atoms with van der Waals surface area (Å²) >= 11 is 1.71. The van der Waals surface area contributed by atoms with E-state index in [4.69, 9.17) is 9.84 Å². The molecule has 1 aromatic carbocycles. The first kappa shape index (κ1) is 16.3. The number of ether oxygens (including phenoxy) is 1. The second-order valence-electron chi connectivity index (χ2n) is 5.36. The fourth-order valence-electron chi connectivity index (χ4n) is 2.27. The number of aliphatic hydroxyl groups excluding tert-OH is 1. The van der Waals surface area contributed by atoms with E-state index in [0.717, 1.165) is 5.75 Å². The Kier molecular flexibility index (Phi) is 6.08. The first-order chi connectivity index (χ1) is 10.1. The van der Waals surface area contributed by atoms with Crippen LogP contribution in [0.2, 0.25) is 0 Å². The lowest BCUT2D eigenvalue weighted by molar-refractivity contribution is -0.139. The molecule has 1 heterocycles. The van der Waals surface area contributed by atoms with Crippen LogP contribution in [-0.2, 0) is 9.53 Å². The van der Waals surface area contributed by atoms with Crippen molar-refractivity contribution in [1.29, 1.82) is 0 Å². The molecule has 0 bridgehead atoms. The molecule has 0 saturated carbocycles. The lowest BCUT2D eigenvalue weighted by atomic mass is 10.1. The van der Waals surface area contributed by atoms with Crippen molar-refractivity contribution in [2.75, 3.05) is 32.1 Å². The lowest BCUT2D eigenvalue weighted by Crippen LogP contribution is -2.47. The van der Waals surface area contributed by atoms with E-state index in [0.29, 0.717) is 26.1 Å². The molecule has 0 spiro atoms. The Balaban J connectivity index is 1.77. The van der Waals surface area contributed by atoms with Gasteiger partial charge < -0.3 is 14.7 Å². The van der Waals surface area contributed by atoms with Crippen molar-refractivity contribution < 1.29 is 14.6 Å². The maximum Gasteiger partial charge on any atom is 0.223 e. The van der Waals surface area contributed by atoms with Gasteiger partial charge in [-0.05, 0) is 37.1 Å². The fraction of sp³-hybridized carbons (Fsp3) is 0.562. The van der Waals surface area contributed by atoms with Crippen LogP contribution in [0.5, 0.6) is 0 Å². The molecule has 4 nitrogen and oxygen atoms in total. The topological polar surface area (TPSA) is 49.8 Å². The number of aryl methyl sites for hydroxylation is 2. The quantitative estimate of drug-likeness (QED) is 0.845. The van der Waals surface area contributed by atoms with E-state index in [-0.39, 0.29) is 18.6 Å². The highest BCUT2D eigenvalue weighted by molar-refractivity contribution is 7.99. The molecule has 1 unspecified atom stereocenters. The minimum atomic E-state index is -0.227. The number of benzene rings is 1. The zero-order valence-corrected chi connectivity index (χ0v) is 13.5. The maximum atomic E-state index is 12.1. The van der Waals surface area contributed by atoms with Crippen LogP contribution in [0.4, 0.5) is 0 Å². The molecule has 1 fully saturated rings. The number of hydrogen-bond acceptors (Lipinski definition) is 4. The van der Waals surface area contributed by atoms with Gasteiger partial charge >= 0.3 is 0 Å². The number of amides is 1. The normalized spacial score (nSPS) is 18.8. The highest BCUT2D eigenvalue weighted by atomic mass is 32.2. The maximum absolute atomic E-state index is 12.1. The lowest BCUT2D eigenvalue weighted by Gasteiger charge is -2.32. The summed E-state index contributed by atoms with van der Waals surface area (Å²) in [7, 11) is 0. The van der Waals surface area contributed by atoms with Crippen LogP contribution in [0.25, 0.3) is 0 Å². The molecule has 21 heavy (non-hydrogen) atoms. The molecule has 1 atom stereocenters. The fourth-order valence-corrected chi connectivity index (χ4v) is 3.21. The average Bonchev–Trinajstić information content (AvgIpc) is 2.50. The van der Waals surface area contributed by atoms with E-state index in [1.165, 1.54) is 16.0 Å². The molecule has 0 radical (unpaired) electrons. The van der Waals surface area contributed by atoms with Gasteiger partial charge in [-0.15, -0.1) is 11.8 Å². The standard InChI is InChI=1S/C16H23NO3S/c1-12-3-4-15(9-13(12)2)21-8-5-16(19)17-6-7-20-14(10-17)11-18/h3-4,9,14,18H,5-8,10-11H2,1-2H3. The zero-order chi connectivity index (χ0) is 15.2. The highest BCUT2D eigenvalue weighted by Crippen LogP contribution is 2.22. The van der Waals surface area contributed by atoms with E-state index < -0.39 is 0 Å². The third kappa shape index (κ3) is 4.73. The van der Waals surface area contributed by atoms with Crippen molar-refractivity contribution in [2.24, 2.45) is 0 Å². The summed E-state index contributed by atoms with van der Waals surface area (Å²) in [6, 6.07) is 6.39. The smallest absolute Gasteiger partial charge is 0.223 e. The summed E-state index contributed by atoms with van der Waals surface area (Å²) in [6.07, 6.45) is 0.297. The van der Waals surface area contributed by atoms with Crippen LogP contribution >= 0.6 is 11.8 Å². The number of nitrogens with zero attached hydrogens (tertiary/aromatic N) is 1. The first-order valence-corrected chi connectivity index (χ1v) is 8.29. The van der Waals surface area contributed by atoms with Gasteiger partial charge in [-0.25, -0.2) is 0 Å². The Morgan fingerprint density at radius 2 is 2.24 bits per heavy atom. The summed E-state index contributed by atoms with van der Waals surface area (Å²) < 4.78 is 5.36. The van der Waals surface area contributed by atoms with Gasteiger partial charge in [-0.3, -0.25) is 4.79 Å². The van der Waals surface area contributed by atoms with Gasteiger partial charge in [0, 0.05) is 30.2 Å². The number of carbonyl (C=O) groups excluding carboxylic acids is 1. The largest absolute Gasteiger partial charge is 0.394 e. The van der Waals surface area contributed by atoms with E-state index in [1.807, 2.05) is 0 Å². The Morgan fingerprint density at radius 3 is 2.95 bits per heavy atom. The van der Waals surface area contributed by atoms with Crippen molar-refractivity contribution in [3.63, 3.8) is 0 Å². The molecule has 1 N–H and O–H groups in total. The number of thioether (sulfide) groups is 1. The Morgan fingerprint density at radius 1 is 1.43 bits per heavy atom. The van der Waals surface area contributed by atoms with Crippen LogP contribution in [0.15, 0.2) is 23.1 Å². The van der Waals surface area contributed by atoms with Crippen LogP contribution in [0.1, 0.15) is 17.5 Å². The molecule has 1 aromatic rings. The Labute approximate surface area is 130 Å². The molecular formula is C16H23NO3S. The zero-order valence-electron chi connectivity index (χ0n) is 12.7. The molecule has 0 aliphatic carbocycles. The molecule has 0 aromatic heterocycles. The average molecular weight is 309 g/mol. The van der Waals surface area contributed by atoms with Crippen LogP contribution < -0.4 is 0 Å². The number of aliphatic hydroxyl groups is 1. The molecule has 5 heteroatoms. The Hall–Kier alpha value is -1.04. The molecule has 1 amide bonds. The first-order valence-electron chi connectivity index (χ1n) is 7.30. The second-order valence-corrected chi connectivity index (χ2v) is 6.53. The van der Waals surface area contributed by atoms with Crippen LogP contribution in [0.3, 0.4) is 0 Å². The third-order valence-corrected chi connectivity index (χ3v) is 4.75. The summed E-state index contributed by atoms with van der Waals surface area (Å²) in [4.78, 5) is 15.2. The number of rotatable bonds is 5. The van der Waals surface area contributed by atoms with Crippen LogP contribution in [-0.4, -0.2) is 54.1 Å². The minimum Gasteiger partial charge on any atom is -0.394 e. The molecule has 2 rings (SSSR count). The van der Waals surface area contributed by atoms with Gasteiger partial charge in [0.2, 0.25) is 5.91 Å². The van der Waals surface area contributed by atoms with Gasteiger partial charge in [0.05, 0.1) is 19.3 Å². The van der Waals surface area contributed by atoms with E-state index >= 15 is 0 Å². The van der Waals surface area contributed by atoms with Gasteiger partial charge in [-0.2, -0.15) is 0 Å². The molecule has 1 saturated heterocycles. The number of carbonyl (C=O) groups is 1. The molecular weight excluding hydrogens is 286 g/mol. The van der Waals surface area contributed by atoms with E-state index in [9.17, 15) is 4.79 Å². The van der Waals surface area contributed by atoms with E-state index in [1.54, 1.807) is 16.7 Å². The van der Waals surface area contributed by atoms with Gasteiger partial charge in [-0.1, -0.05) is 6.07 Å². The predicted octanol–water partition coefficient (Wildman–Crippen LogP) is 2.01.